The van der Waals surface area contributed by atoms with Crippen molar-refractivity contribution in [3.8, 4) is 22.9 Å². The standard InChI is InChI=1S/C28H25N3O2/c1-18-23(17-29)27(22-15-13-21(14-16-22)20-9-5-4-6-10-20)26(19(2)30-18)28(32)31-24-11-7-8-12-25(24)33-3/h4-16,23,27H,1-3H3,(H,31,32). The Kier molecular flexibility index (Phi) is 6.37. The van der Waals surface area contributed by atoms with Gasteiger partial charge in [0.1, 0.15) is 5.75 Å². The molecule has 0 aliphatic carbocycles. The van der Waals surface area contributed by atoms with Crippen molar-refractivity contribution in [1.82, 2.24) is 0 Å². The number of nitrogens with zero attached hydrogens (tertiary/aromatic N) is 2. The fourth-order valence-electron chi connectivity index (χ4n) is 4.31. The predicted octanol–water partition coefficient (Wildman–Crippen LogP) is 5.97. The van der Waals surface area contributed by atoms with Crippen molar-refractivity contribution in [3.05, 3.63) is 95.7 Å². The van der Waals surface area contributed by atoms with Crippen LogP contribution in [-0.2, 0) is 4.79 Å². The molecule has 0 saturated carbocycles. The highest BCUT2D eigenvalue weighted by Crippen LogP contribution is 2.40. The molecule has 1 aliphatic rings. The van der Waals surface area contributed by atoms with Crippen LogP contribution in [0.2, 0.25) is 0 Å². The summed E-state index contributed by atoms with van der Waals surface area (Å²) in [6.45, 7) is 3.66. The second-order valence-electron chi connectivity index (χ2n) is 7.98. The first-order chi connectivity index (χ1) is 16.0. The van der Waals surface area contributed by atoms with Gasteiger partial charge in [-0.15, -0.1) is 0 Å². The normalized spacial score (nSPS) is 17.7. The van der Waals surface area contributed by atoms with Crippen molar-refractivity contribution in [1.29, 1.82) is 5.26 Å². The number of carbonyl (C=O) groups is 1. The Labute approximate surface area is 194 Å². The summed E-state index contributed by atoms with van der Waals surface area (Å²) in [5.74, 6) is -0.674. The lowest BCUT2D eigenvalue weighted by molar-refractivity contribution is -0.113. The monoisotopic (exact) mass is 435 g/mol. The third-order valence-corrected chi connectivity index (χ3v) is 5.94. The fourth-order valence-corrected chi connectivity index (χ4v) is 4.31. The number of nitriles is 1. The molecule has 1 aliphatic heterocycles. The van der Waals surface area contributed by atoms with Crippen LogP contribution in [0.5, 0.6) is 5.75 Å². The van der Waals surface area contributed by atoms with E-state index in [0.29, 0.717) is 28.4 Å². The van der Waals surface area contributed by atoms with Gasteiger partial charge in [-0.2, -0.15) is 5.26 Å². The average Bonchev–Trinajstić information content (AvgIpc) is 2.84. The number of rotatable bonds is 5. The topological polar surface area (TPSA) is 74.5 Å². The molecular formula is C28H25N3O2. The average molecular weight is 436 g/mol. The van der Waals surface area contributed by atoms with Crippen molar-refractivity contribution < 1.29 is 9.53 Å². The summed E-state index contributed by atoms with van der Waals surface area (Å²) in [5.41, 5.74) is 5.48. The van der Waals surface area contributed by atoms with Crippen LogP contribution in [0.15, 0.2) is 95.1 Å². The Balaban J connectivity index is 1.73. The van der Waals surface area contributed by atoms with Gasteiger partial charge in [0.15, 0.2) is 0 Å². The number of aliphatic imine (C=N–C) groups is 1. The summed E-state index contributed by atoms with van der Waals surface area (Å²) < 4.78 is 5.38. The van der Waals surface area contributed by atoms with E-state index in [2.05, 4.69) is 28.5 Å². The van der Waals surface area contributed by atoms with Crippen molar-refractivity contribution in [2.45, 2.75) is 19.8 Å². The van der Waals surface area contributed by atoms with E-state index in [9.17, 15) is 10.1 Å². The van der Waals surface area contributed by atoms with Gasteiger partial charge in [0.25, 0.3) is 5.91 Å². The van der Waals surface area contributed by atoms with Crippen molar-refractivity contribution in [2.24, 2.45) is 10.9 Å². The number of amides is 1. The molecule has 2 atom stereocenters. The zero-order valence-electron chi connectivity index (χ0n) is 18.9. The van der Waals surface area contributed by atoms with Gasteiger partial charge in [0, 0.05) is 22.9 Å². The van der Waals surface area contributed by atoms with E-state index in [1.54, 1.807) is 19.2 Å². The molecule has 3 aromatic carbocycles. The quantitative estimate of drug-likeness (QED) is 0.536. The molecule has 0 saturated heterocycles. The molecule has 1 amide bonds. The van der Waals surface area contributed by atoms with Crippen molar-refractivity contribution >= 4 is 17.3 Å². The molecule has 0 radical (unpaired) electrons. The van der Waals surface area contributed by atoms with E-state index >= 15 is 0 Å². The zero-order valence-corrected chi connectivity index (χ0v) is 18.9. The molecule has 0 spiro atoms. The van der Waals surface area contributed by atoms with Gasteiger partial charge >= 0.3 is 0 Å². The molecule has 33 heavy (non-hydrogen) atoms. The zero-order chi connectivity index (χ0) is 23.4. The minimum atomic E-state index is -0.533. The molecular weight excluding hydrogens is 410 g/mol. The van der Waals surface area contributed by atoms with Crippen LogP contribution in [0, 0.1) is 17.2 Å². The van der Waals surface area contributed by atoms with Crippen LogP contribution in [0.3, 0.4) is 0 Å². The minimum Gasteiger partial charge on any atom is -0.495 e. The molecule has 1 N–H and O–H groups in total. The number of hydrogen-bond acceptors (Lipinski definition) is 4. The summed E-state index contributed by atoms with van der Waals surface area (Å²) in [5, 5.41) is 12.9. The second-order valence-corrected chi connectivity index (χ2v) is 7.98. The van der Waals surface area contributed by atoms with E-state index in [4.69, 9.17) is 4.74 Å². The number of allylic oxidation sites excluding steroid dienone is 1. The highest BCUT2D eigenvalue weighted by Gasteiger charge is 2.37. The molecule has 3 aromatic rings. The van der Waals surface area contributed by atoms with E-state index in [1.165, 1.54) is 0 Å². The maximum absolute atomic E-state index is 13.5. The lowest BCUT2D eigenvalue weighted by Gasteiger charge is -2.29. The van der Waals surface area contributed by atoms with E-state index < -0.39 is 11.8 Å². The Morgan fingerprint density at radius 2 is 1.58 bits per heavy atom. The Morgan fingerprint density at radius 1 is 0.939 bits per heavy atom. The lowest BCUT2D eigenvalue weighted by atomic mass is 9.76. The number of nitrogens with one attached hydrogen (secondary N) is 1. The highest BCUT2D eigenvalue weighted by atomic mass is 16.5. The summed E-state index contributed by atoms with van der Waals surface area (Å²) >= 11 is 0. The van der Waals surface area contributed by atoms with E-state index in [-0.39, 0.29) is 5.91 Å². The van der Waals surface area contributed by atoms with E-state index in [0.717, 1.165) is 16.7 Å². The van der Waals surface area contributed by atoms with Crippen LogP contribution in [-0.4, -0.2) is 18.7 Å². The first-order valence-corrected chi connectivity index (χ1v) is 10.8. The Bertz CT molecular complexity index is 1270. The molecule has 2 unspecified atom stereocenters. The maximum Gasteiger partial charge on any atom is 0.254 e. The number of benzene rings is 3. The van der Waals surface area contributed by atoms with Gasteiger partial charge in [-0.1, -0.05) is 66.7 Å². The van der Waals surface area contributed by atoms with E-state index in [1.807, 2.05) is 68.4 Å². The number of ether oxygens (including phenoxy) is 1. The van der Waals surface area contributed by atoms with Crippen LogP contribution < -0.4 is 10.1 Å². The number of hydrogen-bond donors (Lipinski definition) is 1. The van der Waals surface area contributed by atoms with Gasteiger partial charge < -0.3 is 10.1 Å². The number of anilines is 1. The molecule has 0 fully saturated rings. The number of methoxy groups -OCH3 is 1. The summed E-state index contributed by atoms with van der Waals surface area (Å²) in [6, 6.07) is 27.8. The van der Waals surface area contributed by atoms with Gasteiger partial charge in [-0.05, 0) is 42.7 Å². The smallest absolute Gasteiger partial charge is 0.254 e. The predicted molar refractivity (Wildman–Crippen MR) is 131 cm³/mol. The fraction of sp³-hybridized carbons (Fsp3) is 0.179. The summed E-state index contributed by atoms with van der Waals surface area (Å²) in [7, 11) is 1.56. The first-order valence-electron chi connectivity index (χ1n) is 10.8. The largest absolute Gasteiger partial charge is 0.495 e. The summed E-state index contributed by atoms with van der Waals surface area (Å²) in [4.78, 5) is 18.0. The SMILES string of the molecule is COc1ccccc1NC(=O)C1=C(C)N=C(C)C(C#N)C1c1ccc(-c2ccccc2)cc1. The van der Waals surface area contributed by atoms with Crippen LogP contribution in [0.4, 0.5) is 5.69 Å². The Hall–Kier alpha value is -4.17. The molecule has 5 heteroatoms. The van der Waals surface area contributed by atoms with Gasteiger partial charge in [0.2, 0.25) is 0 Å². The lowest BCUT2D eigenvalue weighted by Crippen LogP contribution is -2.31. The van der Waals surface area contributed by atoms with Gasteiger partial charge in [-0.25, -0.2) is 0 Å². The third kappa shape index (κ3) is 4.42. The number of para-hydroxylation sites is 2. The van der Waals surface area contributed by atoms with Gasteiger partial charge in [-0.3, -0.25) is 9.79 Å². The molecule has 1 heterocycles. The molecule has 4 rings (SSSR count). The van der Waals surface area contributed by atoms with Crippen molar-refractivity contribution in [3.63, 3.8) is 0 Å². The van der Waals surface area contributed by atoms with Crippen LogP contribution in [0.1, 0.15) is 25.3 Å². The Morgan fingerprint density at radius 3 is 2.24 bits per heavy atom. The van der Waals surface area contributed by atoms with Crippen molar-refractivity contribution in [2.75, 3.05) is 12.4 Å². The number of carbonyl (C=O) groups excluding carboxylic acids is 1. The van der Waals surface area contributed by atoms with Crippen LogP contribution in [0.25, 0.3) is 11.1 Å². The molecule has 5 nitrogen and oxygen atoms in total. The van der Waals surface area contributed by atoms with Gasteiger partial charge in [0.05, 0.1) is 24.8 Å². The summed E-state index contributed by atoms with van der Waals surface area (Å²) in [6.07, 6.45) is 0. The first kappa shape index (κ1) is 22.0. The minimum absolute atomic E-state index is 0.286. The maximum atomic E-state index is 13.5. The third-order valence-electron chi connectivity index (χ3n) is 5.94. The molecule has 0 aromatic heterocycles. The highest BCUT2D eigenvalue weighted by molar-refractivity contribution is 6.08. The second kappa shape index (κ2) is 9.54. The molecule has 164 valence electrons. The molecule has 0 bridgehead atoms. The van der Waals surface area contributed by atoms with Crippen LogP contribution >= 0.6 is 0 Å².